The van der Waals surface area contributed by atoms with Gasteiger partial charge in [0.25, 0.3) is 0 Å². The van der Waals surface area contributed by atoms with E-state index in [9.17, 15) is 5.26 Å². The van der Waals surface area contributed by atoms with E-state index in [1.165, 1.54) is 32.1 Å². The minimum absolute atomic E-state index is 0.257. The van der Waals surface area contributed by atoms with Crippen LogP contribution in [0, 0.1) is 22.2 Å². The number of hydrogen-bond acceptors (Lipinski definition) is 2. The molecule has 1 aliphatic carbocycles. The second-order valence-corrected chi connectivity index (χ2v) is 8.46. The van der Waals surface area contributed by atoms with E-state index in [2.05, 4.69) is 49.4 Å². The van der Waals surface area contributed by atoms with Gasteiger partial charge in [-0.05, 0) is 68.1 Å². The van der Waals surface area contributed by atoms with Gasteiger partial charge in [-0.25, -0.2) is 4.98 Å². The summed E-state index contributed by atoms with van der Waals surface area (Å²) in [5.74, 6) is 0. The lowest BCUT2D eigenvalue weighted by atomic mass is 9.59. The molecule has 26 heavy (non-hydrogen) atoms. The lowest BCUT2D eigenvalue weighted by Gasteiger charge is -2.47. The van der Waals surface area contributed by atoms with Gasteiger partial charge >= 0.3 is 0 Å². The van der Waals surface area contributed by atoms with Crippen LogP contribution in [0.4, 0.5) is 0 Å². The summed E-state index contributed by atoms with van der Waals surface area (Å²) in [6.07, 6.45) is 11.8. The van der Waals surface area contributed by atoms with Crippen molar-refractivity contribution in [1.82, 2.24) is 9.55 Å². The fourth-order valence-corrected chi connectivity index (χ4v) is 5.09. The number of imidazole rings is 1. The van der Waals surface area contributed by atoms with Crippen molar-refractivity contribution in [2.45, 2.75) is 72.8 Å². The van der Waals surface area contributed by atoms with E-state index < -0.39 is 0 Å². The van der Waals surface area contributed by atoms with E-state index >= 15 is 0 Å². The summed E-state index contributed by atoms with van der Waals surface area (Å²) in [5.41, 5.74) is 4.95. The molecule has 1 saturated carbocycles. The molecule has 0 saturated heterocycles. The van der Waals surface area contributed by atoms with Crippen molar-refractivity contribution in [1.29, 1.82) is 5.26 Å². The maximum absolute atomic E-state index is 9.22. The monoisotopic (exact) mass is 349 g/mol. The maximum atomic E-state index is 9.22. The van der Waals surface area contributed by atoms with E-state index in [1.807, 2.05) is 24.5 Å². The summed E-state index contributed by atoms with van der Waals surface area (Å²) in [6, 6.07) is 8.03. The molecular weight excluding hydrogens is 318 g/mol. The summed E-state index contributed by atoms with van der Waals surface area (Å²) >= 11 is 0. The highest BCUT2D eigenvalue weighted by molar-refractivity contribution is 5.77. The molecule has 0 radical (unpaired) electrons. The molecule has 3 rings (SSSR count). The van der Waals surface area contributed by atoms with Crippen LogP contribution in [-0.4, -0.2) is 9.55 Å². The number of hydrogen-bond donors (Lipinski definition) is 0. The van der Waals surface area contributed by atoms with Crippen LogP contribution in [0.1, 0.15) is 71.8 Å². The van der Waals surface area contributed by atoms with Gasteiger partial charge in [-0.3, -0.25) is 0 Å². The number of rotatable bonds is 5. The Morgan fingerprint density at radius 3 is 2.85 bits per heavy atom. The Hall–Kier alpha value is -2.08. The molecule has 3 heteroatoms. The highest BCUT2D eigenvalue weighted by Gasteiger charge is 2.42. The van der Waals surface area contributed by atoms with E-state index in [1.54, 1.807) is 5.57 Å². The number of nitriles is 1. The van der Waals surface area contributed by atoms with Crippen molar-refractivity contribution in [3.05, 3.63) is 41.7 Å². The second kappa shape index (κ2) is 7.27. The minimum atomic E-state index is 0.257. The topological polar surface area (TPSA) is 41.6 Å². The molecule has 0 bridgehead atoms. The number of benzene rings is 1. The van der Waals surface area contributed by atoms with Crippen LogP contribution in [0.2, 0.25) is 0 Å². The SMILES string of the molecule is CC/C=C(/C)C1(CC)CCCC(C)(Cn2cnc3ccc(C#N)cc32)C1. The second-order valence-electron chi connectivity index (χ2n) is 8.46. The third-order valence-electron chi connectivity index (χ3n) is 6.53. The first-order chi connectivity index (χ1) is 12.4. The standard InChI is InChI=1S/C23H31N3/c1-5-8-18(3)23(6-2)12-7-11-22(4,15-23)16-26-17-25-20-10-9-19(14-24)13-21(20)26/h8-10,13,17H,5-7,11-12,15-16H2,1-4H3/b18-8-. The Morgan fingerprint density at radius 2 is 2.15 bits per heavy atom. The molecule has 138 valence electrons. The molecule has 2 unspecified atom stereocenters. The lowest BCUT2D eigenvalue weighted by Crippen LogP contribution is -2.37. The molecule has 2 atom stereocenters. The first-order valence-electron chi connectivity index (χ1n) is 9.97. The zero-order valence-electron chi connectivity index (χ0n) is 16.7. The van der Waals surface area contributed by atoms with Crippen LogP contribution in [0.15, 0.2) is 36.2 Å². The quantitative estimate of drug-likeness (QED) is 0.599. The fourth-order valence-electron chi connectivity index (χ4n) is 5.09. The zero-order chi connectivity index (χ0) is 18.8. The van der Waals surface area contributed by atoms with E-state index in [-0.39, 0.29) is 5.41 Å². The van der Waals surface area contributed by atoms with Crippen LogP contribution in [-0.2, 0) is 6.54 Å². The first kappa shape index (κ1) is 18.7. The molecule has 0 aliphatic heterocycles. The maximum Gasteiger partial charge on any atom is 0.0992 e. The Kier molecular flexibility index (Phi) is 5.23. The highest BCUT2D eigenvalue weighted by Crippen LogP contribution is 2.53. The van der Waals surface area contributed by atoms with Crippen molar-refractivity contribution in [3.63, 3.8) is 0 Å². The molecule has 0 amide bonds. The largest absolute Gasteiger partial charge is 0.330 e. The van der Waals surface area contributed by atoms with Crippen LogP contribution in [0.5, 0.6) is 0 Å². The Labute approximate surface area is 157 Å². The molecule has 0 N–H and O–H groups in total. The fraction of sp³-hybridized carbons (Fsp3) is 0.565. The van der Waals surface area contributed by atoms with Gasteiger partial charge in [0.1, 0.15) is 0 Å². The summed E-state index contributed by atoms with van der Waals surface area (Å²) < 4.78 is 2.26. The third kappa shape index (κ3) is 3.43. The van der Waals surface area contributed by atoms with Gasteiger partial charge in [0.05, 0.1) is 29.0 Å². The molecule has 2 aromatic rings. The molecule has 1 aromatic heterocycles. The van der Waals surface area contributed by atoms with Gasteiger partial charge in [0.15, 0.2) is 0 Å². The smallest absolute Gasteiger partial charge is 0.0992 e. The first-order valence-corrected chi connectivity index (χ1v) is 9.97. The van der Waals surface area contributed by atoms with Gasteiger partial charge in [-0.2, -0.15) is 5.26 Å². The molecule has 1 aromatic carbocycles. The number of fused-ring (bicyclic) bond motifs is 1. The minimum Gasteiger partial charge on any atom is -0.330 e. The van der Waals surface area contributed by atoms with Crippen LogP contribution in [0.3, 0.4) is 0 Å². The van der Waals surface area contributed by atoms with Crippen LogP contribution >= 0.6 is 0 Å². The highest BCUT2D eigenvalue weighted by atomic mass is 15.0. The van der Waals surface area contributed by atoms with Gasteiger partial charge in [-0.15, -0.1) is 0 Å². The summed E-state index contributed by atoms with van der Waals surface area (Å²) in [6.45, 7) is 10.3. The van der Waals surface area contributed by atoms with E-state index in [4.69, 9.17) is 0 Å². The average Bonchev–Trinajstić information content (AvgIpc) is 3.03. The van der Waals surface area contributed by atoms with E-state index in [0.29, 0.717) is 11.0 Å². The zero-order valence-corrected chi connectivity index (χ0v) is 16.7. The van der Waals surface area contributed by atoms with Gasteiger partial charge in [-0.1, -0.05) is 38.8 Å². The van der Waals surface area contributed by atoms with Gasteiger partial charge in [0.2, 0.25) is 0 Å². The predicted octanol–water partition coefficient (Wildman–Crippen LogP) is 6.24. The summed E-state index contributed by atoms with van der Waals surface area (Å²) in [7, 11) is 0. The molecule has 1 fully saturated rings. The van der Waals surface area contributed by atoms with Crippen LogP contribution in [0.25, 0.3) is 11.0 Å². The number of aromatic nitrogens is 2. The van der Waals surface area contributed by atoms with Crippen LogP contribution < -0.4 is 0 Å². The Morgan fingerprint density at radius 1 is 1.35 bits per heavy atom. The lowest BCUT2D eigenvalue weighted by molar-refractivity contribution is 0.0794. The number of nitrogens with zero attached hydrogens (tertiary/aromatic N) is 3. The van der Waals surface area contributed by atoms with Crippen molar-refractivity contribution in [2.24, 2.45) is 10.8 Å². The Balaban J connectivity index is 1.91. The van der Waals surface area contributed by atoms with E-state index in [0.717, 1.165) is 24.0 Å². The molecule has 1 aliphatic rings. The summed E-state index contributed by atoms with van der Waals surface area (Å²) in [4.78, 5) is 4.55. The van der Waals surface area contributed by atoms with Crippen molar-refractivity contribution >= 4 is 11.0 Å². The molecule has 3 nitrogen and oxygen atoms in total. The van der Waals surface area contributed by atoms with Gasteiger partial charge in [0, 0.05) is 6.54 Å². The molecule has 0 spiro atoms. The molecular formula is C23H31N3. The van der Waals surface area contributed by atoms with Crippen molar-refractivity contribution in [3.8, 4) is 6.07 Å². The number of allylic oxidation sites excluding steroid dienone is 2. The normalized spacial score (nSPS) is 26.8. The Bertz CT molecular complexity index is 854. The average molecular weight is 350 g/mol. The van der Waals surface area contributed by atoms with Crippen molar-refractivity contribution < 1.29 is 0 Å². The summed E-state index contributed by atoms with van der Waals surface area (Å²) in [5, 5.41) is 9.22. The predicted molar refractivity (Wildman–Crippen MR) is 108 cm³/mol. The third-order valence-corrected chi connectivity index (χ3v) is 6.53. The molecule has 1 heterocycles. The van der Waals surface area contributed by atoms with Crippen molar-refractivity contribution in [2.75, 3.05) is 0 Å². The van der Waals surface area contributed by atoms with Gasteiger partial charge < -0.3 is 4.57 Å².